The molecule has 1 aliphatic heterocycles. The van der Waals surface area contributed by atoms with Gasteiger partial charge in [-0.25, -0.2) is 9.59 Å². The zero-order chi connectivity index (χ0) is 32.8. The molecule has 4 aromatic carbocycles. The number of nitrogens with zero attached hydrogens (tertiary/aromatic N) is 1. The lowest BCUT2D eigenvalue weighted by Crippen LogP contribution is -2.56. The van der Waals surface area contributed by atoms with Crippen LogP contribution in [0, 0.1) is 6.92 Å². The second-order valence-corrected chi connectivity index (χ2v) is 12.2. The fourth-order valence-electron chi connectivity index (χ4n) is 5.90. The first kappa shape index (κ1) is 32.4. The summed E-state index contributed by atoms with van der Waals surface area (Å²) >= 11 is 0. The van der Waals surface area contributed by atoms with Gasteiger partial charge in [-0.1, -0.05) is 91.0 Å². The molecule has 1 heterocycles. The van der Waals surface area contributed by atoms with Gasteiger partial charge in [0.1, 0.15) is 30.0 Å². The van der Waals surface area contributed by atoms with E-state index in [1.165, 1.54) is 4.90 Å². The lowest BCUT2D eigenvalue weighted by molar-refractivity contribution is -0.174. The summed E-state index contributed by atoms with van der Waals surface area (Å²) in [6.45, 7) is 7.61. The minimum absolute atomic E-state index is 0.0820. The summed E-state index contributed by atoms with van der Waals surface area (Å²) in [5, 5.41) is 0. The van der Waals surface area contributed by atoms with E-state index in [1.54, 1.807) is 35.0 Å². The molecule has 0 aromatic heterocycles. The number of benzene rings is 4. The van der Waals surface area contributed by atoms with Crippen LogP contribution in [-0.4, -0.2) is 42.8 Å². The van der Waals surface area contributed by atoms with Crippen molar-refractivity contribution in [3.05, 3.63) is 125 Å². The third kappa shape index (κ3) is 7.12. The Bertz CT molecular complexity index is 1630. The standard InChI is InChI=1S/C38H41NO7/c1-25-33(42-5)29(23-31(34(25)43-6)44-24-26-16-10-7-11-17-26)22-30-36(40)45-35(28-20-14-9-15-21-28)32(27-18-12-8-13-19-27)39(30)37(41)46-38(2,3)4/h7-21,23,30,32,35H,22,24H2,1-6H3/t30-,32-,35+/m0/s1. The van der Waals surface area contributed by atoms with Gasteiger partial charge in [0, 0.05) is 17.5 Å². The van der Waals surface area contributed by atoms with Crippen molar-refractivity contribution in [3.8, 4) is 17.2 Å². The zero-order valence-electron chi connectivity index (χ0n) is 27.2. The van der Waals surface area contributed by atoms with Crippen LogP contribution in [0.4, 0.5) is 4.79 Å². The van der Waals surface area contributed by atoms with E-state index >= 15 is 0 Å². The Balaban J connectivity index is 1.61. The molecule has 8 heteroatoms. The van der Waals surface area contributed by atoms with Crippen LogP contribution in [0.2, 0.25) is 0 Å². The number of amides is 1. The Kier molecular flexibility index (Phi) is 9.85. The molecule has 0 bridgehead atoms. The van der Waals surface area contributed by atoms with E-state index < -0.39 is 35.9 Å². The first-order valence-electron chi connectivity index (χ1n) is 15.3. The highest BCUT2D eigenvalue weighted by atomic mass is 16.6. The average molecular weight is 624 g/mol. The topological polar surface area (TPSA) is 83.5 Å². The van der Waals surface area contributed by atoms with Crippen molar-refractivity contribution in [2.45, 2.75) is 64.5 Å². The van der Waals surface area contributed by atoms with Crippen molar-refractivity contribution >= 4 is 12.1 Å². The number of cyclic esters (lactones) is 1. The number of rotatable bonds is 9. The van der Waals surface area contributed by atoms with Gasteiger partial charge >= 0.3 is 12.1 Å². The number of esters is 1. The molecule has 0 aliphatic carbocycles. The van der Waals surface area contributed by atoms with Gasteiger partial charge < -0.3 is 23.7 Å². The van der Waals surface area contributed by atoms with Crippen LogP contribution < -0.4 is 14.2 Å². The number of carbonyl (C=O) groups excluding carboxylic acids is 2. The molecule has 46 heavy (non-hydrogen) atoms. The van der Waals surface area contributed by atoms with Crippen molar-refractivity contribution in [2.75, 3.05) is 14.2 Å². The highest BCUT2D eigenvalue weighted by Gasteiger charge is 2.49. The summed E-state index contributed by atoms with van der Waals surface area (Å²) in [5.74, 6) is 1.00. The predicted octanol–water partition coefficient (Wildman–Crippen LogP) is 7.78. The van der Waals surface area contributed by atoms with Crippen molar-refractivity contribution in [1.82, 2.24) is 4.90 Å². The van der Waals surface area contributed by atoms with Crippen LogP contribution in [0.25, 0.3) is 0 Å². The molecule has 1 amide bonds. The van der Waals surface area contributed by atoms with Gasteiger partial charge in [0.15, 0.2) is 17.6 Å². The van der Waals surface area contributed by atoms with Gasteiger partial charge in [-0.15, -0.1) is 0 Å². The average Bonchev–Trinajstić information content (AvgIpc) is 3.05. The van der Waals surface area contributed by atoms with E-state index in [0.717, 1.165) is 16.7 Å². The fraction of sp³-hybridized carbons (Fsp3) is 0.316. The Morgan fingerprint density at radius 2 is 1.39 bits per heavy atom. The minimum Gasteiger partial charge on any atom is -0.496 e. The number of ether oxygens (including phenoxy) is 5. The van der Waals surface area contributed by atoms with Gasteiger partial charge in [-0.2, -0.15) is 0 Å². The lowest BCUT2D eigenvalue weighted by atomic mass is 9.89. The van der Waals surface area contributed by atoms with Gasteiger partial charge in [0.05, 0.1) is 14.2 Å². The molecule has 240 valence electrons. The Labute approximate surface area is 270 Å². The number of methoxy groups -OCH3 is 2. The number of hydrogen-bond acceptors (Lipinski definition) is 7. The number of hydrogen-bond donors (Lipinski definition) is 0. The second-order valence-electron chi connectivity index (χ2n) is 12.2. The highest BCUT2D eigenvalue weighted by Crippen LogP contribution is 2.46. The maximum absolute atomic E-state index is 14.2. The van der Waals surface area contributed by atoms with Gasteiger partial charge in [-0.3, -0.25) is 4.90 Å². The number of carbonyl (C=O) groups is 2. The van der Waals surface area contributed by atoms with E-state index in [0.29, 0.717) is 35.0 Å². The molecule has 0 saturated carbocycles. The monoisotopic (exact) mass is 623 g/mol. The van der Waals surface area contributed by atoms with Crippen LogP contribution >= 0.6 is 0 Å². The van der Waals surface area contributed by atoms with Crippen molar-refractivity contribution < 1.29 is 33.3 Å². The summed E-state index contributed by atoms with van der Waals surface area (Å²) in [6, 6.07) is 29.0. The molecule has 1 aliphatic rings. The summed E-state index contributed by atoms with van der Waals surface area (Å²) in [4.78, 5) is 29.8. The molecular formula is C38H41NO7. The summed E-state index contributed by atoms with van der Waals surface area (Å²) < 4.78 is 30.1. The summed E-state index contributed by atoms with van der Waals surface area (Å²) in [5.41, 5.74) is 3.13. The molecule has 3 atom stereocenters. The first-order valence-corrected chi connectivity index (χ1v) is 15.3. The van der Waals surface area contributed by atoms with Gasteiger partial charge in [0.2, 0.25) is 0 Å². The van der Waals surface area contributed by atoms with E-state index in [-0.39, 0.29) is 6.42 Å². The molecule has 8 nitrogen and oxygen atoms in total. The van der Waals surface area contributed by atoms with E-state index in [4.69, 9.17) is 23.7 Å². The lowest BCUT2D eigenvalue weighted by Gasteiger charge is -2.45. The number of morpholine rings is 1. The smallest absolute Gasteiger partial charge is 0.411 e. The second kappa shape index (κ2) is 14.0. The van der Waals surface area contributed by atoms with E-state index in [1.807, 2.05) is 104 Å². The van der Waals surface area contributed by atoms with Crippen LogP contribution in [0.15, 0.2) is 97.1 Å². The third-order valence-electron chi connectivity index (χ3n) is 7.87. The molecule has 5 rings (SSSR count). The Morgan fingerprint density at radius 3 is 1.96 bits per heavy atom. The van der Waals surface area contributed by atoms with Crippen LogP contribution in [0.1, 0.15) is 60.7 Å². The zero-order valence-corrected chi connectivity index (χ0v) is 27.2. The van der Waals surface area contributed by atoms with Crippen molar-refractivity contribution in [3.63, 3.8) is 0 Å². The summed E-state index contributed by atoms with van der Waals surface area (Å²) in [6.07, 6.45) is -1.30. The third-order valence-corrected chi connectivity index (χ3v) is 7.87. The van der Waals surface area contributed by atoms with Crippen molar-refractivity contribution in [1.29, 1.82) is 0 Å². The largest absolute Gasteiger partial charge is 0.496 e. The molecule has 0 spiro atoms. The highest BCUT2D eigenvalue weighted by molar-refractivity contribution is 5.84. The predicted molar refractivity (Wildman–Crippen MR) is 175 cm³/mol. The molecule has 0 radical (unpaired) electrons. The van der Waals surface area contributed by atoms with Crippen LogP contribution in [0.3, 0.4) is 0 Å². The van der Waals surface area contributed by atoms with Gasteiger partial charge in [-0.05, 0) is 50.5 Å². The Morgan fingerprint density at radius 1 is 0.826 bits per heavy atom. The van der Waals surface area contributed by atoms with E-state index in [2.05, 4.69) is 0 Å². The van der Waals surface area contributed by atoms with E-state index in [9.17, 15) is 9.59 Å². The molecule has 1 saturated heterocycles. The quantitative estimate of drug-likeness (QED) is 0.176. The van der Waals surface area contributed by atoms with Crippen LogP contribution in [-0.2, 0) is 27.3 Å². The normalized spacial score (nSPS) is 18.0. The molecular weight excluding hydrogens is 582 g/mol. The van der Waals surface area contributed by atoms with Crippen LogP contribution in [0.5, 0.6) is 17.2 Å². The van der Waals surface area contributed by atoms with Gasteiger partial charge in [0.25, 0.3) is 0 Å². The fourth-order valence-corrected chi connectivity index (χ4v) is 5.90. The summed E-state index contributed by atoms with van der Waals surface area (Å²) in [7, 11) is 3.15. The molecule has 1 fully saturated rings. The maximum Gasteiger partial charge on any atom is 0.411 e. The minimum atomic E-state index is -1.04. The maximum atomic E-state index is 14.2. The Hall–Kier alpha value is -4.98. The SMILES string of the molecule is COc1c(C[C@H]2C(=O)O[C@H](c3ccccc3)[C@H](c3ccccc3)N2C(=O)OC(C)(C)C)cc(OCc2ccccc2)c(OC)c1C. The molecule has 4 aromatic rings. The molecule has 0 unspecified atom stereocenters. The van der Waals surface area contributed by atoms with Crippen molar-refractivity contribution in [2.24, 2.45) is 0 Å². The molecule has 0 N–H and O–H groups in total. The first-order chi connectivity index (χ1) is 22.1.